The number of ether oxygens (including phenoxy) is 2. The minimum Gasteiger partial charge on any atom is -0.493 e. The second-order valence-electron chi connectivity index (χ2n) is 3.87. The van der Waals surface area contributed by atoms with Crippen LogP contribution in [0.1, 0.15) is 13.8 Å². The average molecular weight is 209 g/mol. The highest BCUT2D eigenvalue weighted by molar-refractivity contribution is 5.39. The van der Waals surface area contributed by atoms with E-state index in [2.05, 4.69) is 13.8 Å². The van der Waals surface area contributed by atoms with E-state index in [-0.39, 0.29) is 6.04 Å². The molecule has 0 aliphatic rings. The standard InChI is InChI=1S/C12H19NO2/c1-9(2)10(13)8-15-12-7-5-4-6-11(12)14-3/h4-7,9-10H,8,13H2,1-3H3. The largest absolute Gasteiger partial charge is 0.493 e. The maximum absolute atomic E-state index is 5.89. The summed E-state index contributed by atoms with van der Waals surface area (Å²) in [4.78, 5) is 0. The highest BCUT2D eigenvalue weighted by Crippen LogP contribution is 2.25. The summed E-state index contributed by atoms with van der Waals surface area (Å²) in [7, 11) is 1.63. The van der Waals surface area contributed by atoms with Crippen molar-refractivity contribution in [3.05, 3.63) is 24.3 Å². The lowest BCUT2D eigenvalue weighted by Gasteiger charge is -2.17. The van der Waals surface area contributed by atoms with Crippen molar-refractivity contribution in [3.8, 4) is 11.5 Å². The molecular weight excluding hydrogens is 190 g/mol. The van der Waals surface area contributed by atoms with Crippen molar-refractivity contribution < 1.29 is 9.47 Å². The molecule has 0 aromatic heterocycles. The molecule has 84 valence electrons. The van der Waals surface area contributed by atoms with Gasteiger partial charge in [0.2, 0.25) is 0 Å². The maximum atomic E-state index is 5.89. The molecule has 3 heteroatoms. The molecule has 3 nitrogen and oxygen atoms in total. The highest BCUT2D eigenvalue weighted by Gasteiger charge is 2.09. The van der Waals surface area contributed by atoms with Gasteiger partial charge in [-0.05, 0) is 18.1 Å². The van der Waals surface area contributed by atoms with Crippen molar-refractivity contribution in [2.24, 2.45) is 11.7 Å². The van der Waals surface area contributed by atoms with Gasteiger partial charge in [0, 0.05) is 6.04 Å². The van der Waals surface area contributed by atoms with Crippen LogP contribution in [-0.4, -0.2) is 19.8 Å². The van der Waals surface area contributed by atoms with E-state index in [9.17, 15) is 0 Å². The van der Waals surface area contributed by atoms with Crippen molar-refractivity contribution in [3.63, 3.8) is 0 Å². The van der Waals surface area contributed by atoms with Crippen molar-refractivity contribution >= 4 is 0 Å². The Morgan fingerprint density at radius 1 is 1.20 bits per heavy atom. The number of rotatable bonds is 5. The first-order valence-corrected chi connectivity index (χ1v) is 5.16. The van der Waals surface area contributed by atoms with E-state index in [1.54, 1.807) is 7.11 Å². The Kier molecular flexibility index (Phi) is 4.43. The molecule has 1 rings (SSSR count). The quantitative estimate of drug-likeness (QED) is 0.807. The van der Waals surface area contributed by atoms with Gasteiger partial charge in [0.25, 0.3) is 0 Å². The minimum absolute atomic E-state index is 0.0508. The summed E-state index contributed by atoms with van der Waals surface area (Å²) in [6.45, 7) is 4.67. The Bertz CT molecular complexity index is 299. The summed E-state index contributed by atoms with van der Waals surface area (Å²) in [5.74, 6) is 1.91. The zero-order valence-corrected chi connectivity index (χ0v) is 9.57. The van der Waals surface area contributed by atoms with Crippen LogP contribution in [-0.2, 0) is 0 Å². The average Bonchev–Trinajstić information content (AvgIpc) is 2.26. The molecule has 0 aliphatic carbocycles. The molecule has 1 unspecified atom stereocenters. The zero-order chi connectivity index (χ0) is 11.3. The smallest absolute Gasteiger partial charge is 0.161 e. The summed E-state index contributed by atoms with van der Waals surface area (Å²) >= 11 is 0. The van der Waals surface area contributed by atoms with Crippen molar-refractivity contribution in [2.75, 3.05) is 13.7 Å². The molecule has 0 radical (unpaired) electrons. The molecule has 0 fully saturated rings. The van der Waals surface area contributed by atoms with Crippen LogP contribution < -0.4 is 15.2 Å². The maximum Gasteiger partial charge on any atom is 0.161 e. The fourth-order valence-corrected chi connectivity index (χ4v) is 1.12. The molecule has 1 aromatic carbocycles. The summed E-state index contributed by atoms with van der Waals surface area (Å²) in [6.07, 6.45) is 0. The van der Waals surface area contributed by atoms with Crippen LogP contribution >= 0.6 is 0 Å². The molecule has 0 heterocycles. The van der Waals surface area contributed by atoms with E-state index in [1.807, 2.05) is 24.3 Å². The topological polar surface area (TPSA) is 44.5 Å². The van der Waals surface area contributed by atoms with Gasteiger partial charge in [-0.2, -0.15) is 0 Å². The van der Waals surface area contributed by atoms with E-state index in [1.165, 1.54) is 0 Å². The summed E-state index contributed by atoms with van der Waals surface area (Å²) in [5.41, 5.74) is 5.89. The van der Waals surface area contributed by atoms with Gasteiger partial charge in [-0.3, -0.25) is 0 Å². The third kappa shape index (κ3) is 3.44. The molecule has 1 aromatic rings. The fourth-order valence-electron chi connectivity index (χ4n) is 1.12. The predicted octanol–water partition coefficient (Wildman–Crippen LogP) is 2.06. The Hall–Kier alpha value is -1.22. The van der Waals surface area contributed by atoms with E-state index in [0.29, 0.717) is 12.5 Å². The van der Waals surface area contributed by atoms with Crippen molar-refractivity contribution in [1.82, 2.24) is 0 Å². The van der Waals surface area contributed by atoms with Crippen LogP contribution in [0.2, 0.25) is 0 Å². The first-order valence-electron chi connectivity index (χ1n) is 5.16. The molecule has 0 aliphatic heterocycles. The van der Waals surface area contributed by atoms with Crippen LogP contribution in [0.5, 0.6) is 11.5 Å². The summed E-state index contributed by atoms with van der Waals surface area (Å²) < 4.78 is 10.8. The normalized spacial score (nSPS) is 12.6. The number of methoxy groups -OCH3 is 1. The number of benzene rings is 1. The Labute approximate surface area is 91.2 Å². The van der Waals surface area contributed by atoms with Gasteiger partial charge in [-0.25, -0.2) is 0 Å². The third-order valence-electron chi connectivity index (χ3n) is 2.36. The number of nitrogens with two attached hydrogens (primary N) is 1. The Morgan fingerprint density at radius 2 is 1.80 bits per heavy atom. The van der Waals surface area contributed by atoms with Crippen molar-refractivity contribution in [2.45, 2.75) is 19.9 Å². The van der Waals surface area contributed by atoms with Crippen LogP contribution in [0.3, 0.4) is 0 Å². The van der Waals surface area contributed by atoms with Gasteiger partial charge in [0.05, 0.1) is 7.11 Å². The van der Waals surface area contributed by atoms with Crippen molar-refractivity contribution in [1.29, 1.82) is 0 Å². The summed E-state index contributed by atoms with van der Waals surface area (Å²) in [6, 6.07) is 7.63. The second kappa shape index (κ2) is 5.61. The van der Waals surface area contributed by atoms with Gasteiger partial charge in [-0.1, -0.05) is 26.0 Å². The van der Waals surface area contributed by atoms with Crippen LogP contribution in [0.25, 0.3) is 0 Å². The van der Waals surface area contributed by atoms with Gasteiger partial charge < -0.3 is 15.2 Å². The van der Waals surface area contributed by atoms with E-state index < -0.39 is 0 Å². The lowest BCUT2D eigenvalue weighted by Crippen LogP contribution is -2.33. The highest BCUT2D eigenvalue weighted by atomic mass is 16.5. The van der Waals surface area contributed by atoms with Gasteiger partial charge in [-0.15, -0.1) is 0 Å². The molecule has 0 amide bonds. The van der Waals surface area contributed by atoms with Gasteiger partial charge >= 0.3 is 0 Å². The molecule has 2 N–H and O–H groups in total. The third-order valence-corrected chi connectivity index (χ3v) is 2.36. The number of hydrogen-bond acceptors (Lipinski definition) is 3. The Balaban J connectivity index is 2.57. The minimum atomic E-state index is 0.0508. The lowest BCUT2D eigenvalue weighted by molar-refractivity contribution is 0.248. The van der Waals surface area contributed by atoms with Gasteiger partial charge in [0.15, 0.2) is 11.5 Å². The summed E-state index contributed by atoms with van der Waals surface area (Å²) in [5, 5.41) is 0. The SMILES string of the molecule is COc1ccccc1OCC(N)C(C)C. The number of hydrogen-bond donors (Lipinski definition) is 1. The molecule has 0 saturated carbocycles. The van der Waals surface area contributed by atoms with E-state index in [0.717, 1.165) is 11.5 Å². The predicted molar refractivity (Wildman–Crippen MR) is 61.3 cm³/mol. The molecular formula is C12H19NO2. The van der Waals surface area contributed by atoms with E-state index >= 15 is 0 Å². The Morgan fingerprint density at radius 3 is 2.33 bits per heavy atom. The first kappa shape index (κ1) is 11.9. The monoisotopic (exact) mass is 209 g/mol. The fraction of sp³-hybridized carbons (Fsp3) is 0.500. The zero-order valence-electron chi connectivity index (χ0n) is 9.57. The number of para-hydroxylation sites is 2. The molecule has 0 spiro atoms. The van der Waals surface area contributed by atoms with E-state index in [4.69, 9.17) is 15.2 Å². The van der Waals surface area contributed by atoms with Crippen LogP contribution in [0, 0.1) is 5.92 Å². The molecule has 15 heavy (non-hydrogen) atoms. The molecule has 0 saturated heterocycles. The first-order chi connectivity index (χ1) is 7.15. The molecule has 1 atom stereocenters. The second-order valence-corrected chi connectivity index (χ2v) is 3.87. The lowest BCUT2D eigenvalue weighted by atomic mass is 10.1. The van der Waals surface area contributed by atoms with Crippen LogP contribution in [0.15, 0.2) is 24.3 Å². The van der Waals surface area contributed by atoms with Gasteiger partial charge in [0.1, 0.15) is 6.61 Å². The molecule has 0 bridgehead atoms. The van der Waals surface area contributed by atoms with Crippen LogP contribution in [0.4, 0.5) is 0 Å².